The molecule has 1 saturated heterocycles. The number of likely N-dealkylation sites (tertiary alicyclic amines) is 1. The van der Waals surface area contributed by atoms with Crippen LogP contribution in [0, 0.1) is 5.92 Å². The third-order valence-corrected chi connectivity index (χ3v) is 5.11. The Kier molecular flexibility index (Phi) is 4.13. The number of aromatic nitrogens is 4. The lowest BCUT2D eigenvalue weighted by Crippen LogP contribution is -2.21. The number of aryl methyl sites for hydroxylation is 1. The summed E-state index contributed by atoms with van der Waals surface area (Å²) in [5.74, 6) is 1.47. The largest absolute Gasteiger partial charge is 0.310 e. The van der Waals surface area contributed by atoms with E-state index in [9.17, 15) is 4.79 Å². The fraction of sp³-hybridized carbons (Fsp3) is 0.421. The van der Waals surface area contributed by atoms with Crippen molar-refractivity contribution in [2.75, 3.05) is 13.1 Å². The zero-order valence-corrected chi connectivity index (χ0v) is 14.6. The Hall–Kier alpha value is -2.47. The minimum Gasteiger partial charge on any atom is -0.310 e. The number of hydrogen-bond acceptors (Lipinski definition) is 4. The summed E-state index contributed by atoms with van der Waals surface area (Å²) >= 11 is 0. The minimum absolute atomic E-state index is 0.0894. The molecular formula is C19H23N5O. The number of fused-ring (bicyclic) bond motifs is 1. The molecule has 6 heteroatoms. The maximum atomic E-state index is 12.4. The smallest absolute Gasteiger partial charge is 0.262 e. The van der Waals surface area contributed by atoms with Crippen molar-refractivity contribution in [2.24, 2.45) is 5.92 Å². The Morgan fingerprint density at radius 2 is 2.04 bits per heavy atom. The molecule has 1 aliphatic heterocycles. The van der Waals surface area contributed by atoms with Gasteiger partial charge >= 0.3 is 0 Å². The van der Waals surface area contributed by atoms with Crippen LogP contribution in [0.4, 0.5) is 0 Å². The predicted octanol–water partition coefficient (Wildman–Crippen LogP) is 2.38. The molecule has 0 radical (unpaired) electrons. The van der Waals surface area contributed by atoms with Gasteiger partial charge in [0.05, 0.1) is 6.20 Å². The Labute approximate surface area is 146 Å². The Balaban J connectivity index is 1.61. The van der Waals surface area contributed by atoms with Gasteiger partial charge in [0, 0.05) is 32.1 Å². The molecule has 0 saturated carbocycles. The monoisotopic (exact) mass is 337 g/mol. The molecule has 4 rings (SSSR count). The van der Waals surface area contributed by atoms with Gasteiger partial charge in [0.15, 0.2) is 5.65 Å². The standard InChI is InChI=1S/C19H23N5O/c1-3-24-18-15(9-20-24)19(25)22-17(21-18)16-12-23(10-13(16)2)11-14-7-5-4-6-8-14/h4-9,13,16H,3,10-12H2,1-2H3,(H,21,22,25). The van der Waals surface area contributed by atoms with E-state index in [2.05, 4.69) is 46.2 Å². The SMILES string of the molecule is CCn1ncc2c(=O)[nH]c(C3CN(Cc4ccccc4)CC3C)nc21. The third-order valence-electron chi connectivity index (χ3n) is 5.11. The minimum atomic E-state index is -0.0894. The van der Waals surface area contributed by atoms with Gasteiger partial charge in [-0.25, -0.2) is 9.67 Å². The summed E-state index contributed by atoms with van der Waals surface area (Å²) in [5.41, 5.74) is 1.92. The molecule has 2 aromatic heterocycles. The van der Waals surface area contributed by atoms with Crippen molar-refractivity contribution in [1.29, 1.82) is 0 Å². The summed E-state index contributed by atoms with van der Waals surface area (Å²) in [5, 5.41) is 4.82. The molecule has 0 amide bonds. The van der Waals surface area contributed by atoms with E-state index in [0.717, 1.165) is 25.5 Å². The molecule has 0 aliphatic carbocycles. The first-order chi connectivity index (χ1) is 12.2. The van der Waals surface area contributed by atoms with Crippen LogP contribution in [0.5, 0.6) is 0 Å². The fourth-order valence-corrected chi connectivity index (χ4v) is 3.78. The van der Waals surface area contributed by atoms with Gasteiger partial charge in [0.1, 0.15) is 11.2 Å². The van der Waals surface area contributed by atoms with Gasteiger partial charge < -0.3 is 4.98 Å². The highest BCUT2D eigenvalue weighted by atomic mass is 16.1. The van der Waals surface area contributed by atoms with Gasteiger partial charge in [0.25, 0.3) is 5.56 Å². The topological polar surface area (TPSA) is 66.8 Å². The van der Waals surface area contributed by atoms with Gasteiger partial charge in [0.2, 0.25) is 0 Å². The predicted molar refractivity (Wildman–Crippen MR) is 97.4 cm³/mol. The second-order valence-electron chi connectivity index (χ2n) is 6.91. The number of nitrogens with zero attached hydrogens (tertiary/aromatic N) is 4. The molecule has 2 unspecified atom stereocenters. The zero-order chi connectivity index (χ0) is 17.4. The molecule has 1 N–H and O–H groups in total. The second kappa shape index (κ2) is 6.44. The van der Waals surface area contributed by atoms with Gasteiger partial charge in [-0.05, 0) is 18.4 Å². The van der Waals surface area contributed by atoms with Crippen molar-refractivity contribution < 1.29 is 0 Å². The second-order valence-corrected chi connectivity index (χ2v) is 6.91. The summed E-state index contributed by atoms with van der Waals surface area (Å²) < 4.78 is 1.79. The van der Waals surface area contributed by atoms with E-state index in [1.807, 2.05) is 13.0 Å². The molecule has 1 aromatic carbocycles. The number of hydrogen-bond donors (Lipinski definition) is 1. The van der Waals surface area contributed by atoms with E-state index in [1.165, 1.54) is 5.56 Å². The maximum absolute atomic E-state index is 12.4. The first kappa shape index (κ1) is 16.0. The van der Waals surface area contributed by atoms with Crippen molar-refractivity contribution in [3.63, 3.8) is 0 Å². The van der Waals surface area contributed by atoms with Crippen LogP contribution in [-0.2, 0) is 13.1 Å². The van der Waals surface area contributed by atoms with Gasteiger partial charge in [-0.3, -0.25) is 9.69 Å². The summed E-state index contributed by atoms with van der Waals surface area (Å²) in [6.45, 7) is 7.80. The first-order valence-electron chi connectivity index (χ1n) is 8.87. The summed E-state index contributed by atoms with van der Waals surface area (Å²) in [6, 6.07) is 10.5. The van der Waals surface area contributed by atoms with Crippen molar-refractivity contribution in [3.8, 4) is 0 Å². The van der Waals surface area contributed by atoms with Crippen LogP contribution in [0.25, 0.3) is 11.0 Å². The summed E-state index contributed by atoms with van der Waals surface area (Å²) in [4.78, 5) is 22.6. The third kappa shape index (κ3) is 2.98. The number of benzene rings is 1. The van der Waals surface area contributed by atoms with Crippen LogP contribution >= 0.6 is 0 Å². The quantitative estimate of drug-likeness (QED) is 0.794. The molecule has 25 heavy (non-hydrogen) atoms. The summed E-state index contributed by atoms with van der Waals surface area (Å²) in [6.07, 6.45) is 1.61. The number of nitrogens with one attached hydrogen (secondary N) is 1. The lowest BCUT2D eigenvalue weighted by Gasteiger charge is -2.15. The lowest BCUT2D eigenvalue weighted by atomic mass is 9.97. The Bertz CT molecular complexity index is 930. The molecule has 6 nitrogen and oxygen atoms in total. The summed E-state index contributed by atoms with van der Waals surface area (Å²) in [7, 11) is 0. The Morgan fingerprint density at radius 3 is 2.80 bits per heavy atom. The van der Waals surface area contributed by atoms with Crippen molar-refractivity contribution in [3.05, 3.63) is 58.3 Å². The zero-order valence-electron chi connectivity index (χ0n) is 14.6. The molecule has 1 aliphatic rings. The van der Waals surface area contributed by atoms with Crippen LogP contribution in [0.1, 0.15) is 31.2 Å². The number of aromatic amines is 1. The van der Waals surface area contributed by atoms with Gasteiger partial charge in [-0.2, -0.15) is 5.10 Å². The number of H-pyrrole nitrogens is 1. The van der Waals surface area contributed by atoms with E-state index in [0.29, 0.717) is 23.5 Å². The normalized spacial score (nSPS) is 21.2. The highest BCUT2D eigenvalue weighted by Gasteiger charge is 2.32. The molecule has 2 atom stereocenters. The van der Waals surface area contributed by atoms with Crippen LogP contribution in [0.3, 0.4) is 0 Å². The van der Waals surface area contributed by atoms with Gasteiger partial charge in [-0.15, -0.1) is 0 Å². The number of rotatable bonds is 4. The van der Waals surface area contributed by atoms with E-state index in [-0.39, 0.29) is 11.5 Å². The molecule has 0 bridgehead atoms. The van der Waals surface area contributed by atoms with Gasteiger partial charge in [-0.1, -0.05) is 37.3 Å². The van der Waals surface area contributed by atoms with Crippen LogP contribution in [-0.4, -0.2) is 37.7 Å². The fourth-order valence-electron chi connectivity index (χ4n) is 3.78. The van der Waals surface area contributed by atoms with Crippen molar-refractivity contribution >= 4 is 11.0 Å². The molecule has 3 aromatic rings. The van der Waals surface area contributed by atoms with Crippen LogP contribution in [0.15, 0.2) is 41.3 Å². The first-order valence-corrected chi connectivity index (χ1v) is 8.87. The molecule has 0 spiro atoms. The van der Waals surface area contributed by atoms with Crippen molar-refractivity contribution in [1.82, 2.24) is 24.6 Å². The molecule has 1 fully saturated rings. The van der Waals surface area contributed by atoms with E-state index in [4.69, 9.17) is 4.98 Å². The van der Waals surface area contributed by atoms with E-state index >= 15 is 0 Å². The lowest BCUT2D eigenvalue weighted by molar-refractivity contribution is 0.318. The van der Waals surface area contributed by atoms with Crippen molar-refractivity contribution in [2.45, 2.75) is 32.9 Å². The average Bonchev–Trinajstić information content (AvgIpc) is 3.19. The van der Waals surface area contributed by atoms with Crippen LogP contribution < -0.4 is 5.56 Å². The Morgan fingerprint density at radius 1 is 1.24 bits per heavy atom. The van der Waals surface area contributed by atoms with E-state index in [1.54, 1.807) is 10.9 Å². The molecule has 130 valence electrons. The molecule has 3 heterocycles. The highest BCUT2D eigenvalue weighted by molar-refractivity contribution is 5.73. The van der Waals surface area contributed by atoms with Crippen LogP contribution in [0.2, 0.25) is 0 Å². The maximum Gasteiger partial charge on any atom is 0.262 e. The average molecular weight is 337 g/mol. The molecular weight excluding hydrogens is 314 g/mol. The highest BCUT2D eigenvalue weighted by Crippen LogP contribution is 2.31. The van der Waals surface area contributed by atoms with E-state index < -0.39 is 0 Å².